The van der Waals surface area contributed by atoms with Crippen molar-refractivity contribution in [3.05, 3.63) is 69.9 Å². The molecular weight excluding hydrogens is 396 g/mol. The number of nitro benzene ring substituents is 1. The summed E-state index contributed by atoms with van der Waals surface area (Å²) in [6.45, 7) is 1.63. The van der Waals surface area contributed by atoms with E-state index >= 15 is 0 Å². The molecule has 3 aromatic rings. The van der Waals surface area contributed by atoms with Gasteiger partial charge in [0.15, 0.2) is 0 Å². The molecular formula is C23H26N4O4. The lowest BCUT2D eigenvalue weighted by molar-refractivity contribution is -0.384. The van der Waals surface area contributed by atoms with Crippen LogP contribution in [0.1, 0.15) is 28.8 Å². The van der Waals surface area contributed by atoms with Crippen LogP contribution in [0.2, 0.25) is 0 Å². The number of nitrogens with one attached hydrogen (secondary N) is 1. The number of hydrogen-bond donors (Lipinski definition) is 1. The third kappa shape index (κ3) is 4.54. The number of nitrogens with zero attached hydrogens (tertiary/aromatic N) is 3. The van der Waals surface area contributed by atoms with Gasteiger partial charge in [-0.2, -0.15) is 0 Å². The van der Waals surface area contributed by atoms with Crippen molar-refractivity contribution >= 4 is 28.2 Å². The second-order valence-electron chi connectivity index (χ2n) is 8.07. The van der Waals surface area contributed by atoms with Crippen molar-refractivity contribution in [1.82, 2.24) is 9.88 Å². The van der Waals surface area contributed by atoms with E-state index in [0.717, 1.165) is 24.1 Å². The van der Waals surface area contributed by atoms with Gasteiger partial charge >= 0.3 is 0 Å². The number of anilines is 1. The highest BCUT2D eigenvalue weighted by molar-refractivity contribution is 6.07. The van der Waals surface area contributed by atoms with Gasteiger partial charge in [-0.15, -0.1) is 0 Å². The van der Waals surface area contributed by atoms with E-state index < -0.39 is 4.92 Å². The van der Waals surface area contributed by atoms with Crippen LogP contribution in [0.5, 0.6) is 0 Å². The highest BCUT2D eigenvalue weighted by Gasteiger charge is 2.26. The van der Waals surface area contributed by atoms with Crippen molar-refractivity contribution in [2.45, 2.75) is 25.5 Å². The Balaban J connectivity index is 1.64. The molecule has 1 saturated heterocycles. The van der Waals surface area contributed by atoms with Crippen LogP contribution in [-0.4, -0.2) is 54.1 Å². The van der Waals surface area contributed by atoms with Crippen LogP contribution < -0.4 is 4.90 Å². The lowest BCUT2D eigenvalue weighted by Gasteiger charge is -2.26. The van der Waals surface area contributed by atoms with Crippen molar-refractivity contribution < 1.29 is 14.5 Å². The first-order valence-electron chi connectivity index (χ1n) is 10.3. The molecule has 1 amide bonds. The number of aromatic nitrogens is 1. The van der Waals surface area contributed by atoms with Gasteiger partial charge in [0.05, 0.1) is 16.6 Å². The Morgan fingerprint density at radius 3 is 2.65 bits per heavy atom. The predicted octanol–water partition coefficient (Wildman–Crippen LogP) is 3.96. The number of non-ortho nitro benzene ring substituents is 1. The Morgan fingerprint density at radius 2 is 2.00 bits per heavy atom. The number of amides is 1. The van der Waals surface area contributed by atoms with E-state index in [2.05, 4.69) is 4.98 Å². The number of nitro groups is 1. The first-order valence-corrected chi connectivity index (χ1v) is 10.3. The summed E-state index contributed by atoms with van der Waals surface area (Å²) in [5, 5.41) is 11.8. The van der Waals surface area contributed by atoms with Gasteiger partial charge in [-0.3, -0.25) is 14.9 Å². The zero-order chi connectivity index (χ0) is 22.0. The lowest BCUT2D eigenvalue weighted by atomic mass is 10.1. The van der Waals surface area contributed by atoms with E-state index in [1.165, 1.54) is 12.1 Å². The van der Waals surface area contributed by atoms with Gasteiger partial charge in [-0.05, 0) is 36.6 Å². The van der Waals surface area contributed by atoms with Gasteiger partial charge in [0.1, 0.15) is 0 Å². The Labute approximate surface area is 180 Å². The van der Waals surface area contributed by atoms with Crippen LogP contribution in [-0.2, 0) is 11.3 Å². The second-order valence-corrected chi connectivity index (χ2v) is 8.07. The smallest absolute Gasteiger partial charge is 0.270 e. The molecule has 162 valence electrons. The van der Waals surface area contributed by atoms with E-state index in [1.807, 2.05) is 43.3 Å². The van der Waals surface area contributed by atoms with Gasteiger partial charge in [0, 0.05) is 68.7 Å². The van der Waals surface area contributed by atoms with Crippen molar-refractivity contribution in [1.29, 1.82) is 0 Å². The van der Waals surface area contributed by atoms with E-state index in [1.54, 1.807) is 17.2 Å². The van der Waals surface area contributed by atoms with Crippen molar-refractivity contribution in [3.63, 3.8) is 0 Å². The molecule has 0 radical (unpaired) electrons. The SMILES string of the molecule is CN(C)c1ccc(CN(CC2CCCO2)C(=O)c2c[nH]c3ccc([N+](=O)[O-])cc23)cc1. The molecule has 1 aliphatic heterocycles. The van der Waals surface area contributed by atoms with Crippen LogP contribution in [0.15, 0.2) is 48.7 Å². The molecule has 0 spiro atoms. The topological polar surface area (TPSA) is 91.7 Å². The Morgan fingerprint density at radius 1 is 1.23 bits per heavy atom. The number of carbonyl (C=O) groups is 1. The fourth-order valence-electron chi connectivity index (χ4n) is 3.94. The minimum absolute atomic E-state index is 0.00420. The van der Waals surface area contributed by atoms with Crippen LogP contribution in [0.25, 0.3) is 10.9 Å². The molecule has 4 rings (SSSR count). The van der Waals surface area contributed by atoms with Gasteiger partial charge in [0.25, 0.3) is 11.6 Å². The standard InChI is InChI=1S/C23H26N4O4/c1-25(2)17-7-5-16(6-8-17)14-26(15-19-4-3-11-31-19)23(28)21-13-24-22-10-9-18(27(29)30)12-20(21)22/h5-10,12-13,19,24H,3-4,11,14-15H2,1-2H3. The summed E-state index contributed by atoms with van der Waals surface area (Å²) in [5.41, 5.74) is 3.20. The van der Waals surface area contributed by atoms with E-state index in [4.69, 9.17) is 4.74 Å². The average molecular weight is 422 g/mol. The van der Waals surface area contributed by atoms with Gasteiger partial charge < -0.3 is 19.5 Å². The number of benzene rings is 2. The molecule has 0 aliphatic carbocycles. The zero-order valence-corrected chi connectivity index (χ0v) is 17.7. The Kier molecular flexibility index (Phi) is 5.90. The summed E-state index contributed by atoms with van der Waals surface area (Å²) in [7, 11) is 3.97. The molecule has 2 aromatic carbocycles. The number of rotatable bonds is 7. The molecule has 1 fully saturated rings. The number of fused-ring (bicyclic) bond motifs is 1. The third-order valence-corrected chi connectivity index (χ3v) is 5.67. The van der Waals surface area contributed by atoms with Crippen molar-refractivity contribution in [3.8, 4) is 0 Å². The molecule has 31 heavy (non-hydrogen) atoms. The molecule has 1 atom stereocenters. The molecule has 0 bridgehead atoms. The van der Waals surface area contributed by atoms with E-state index in [-0.39, 0.29) is 17.7 Å². The van der Waals surface area contributed by atoms with Crippen LogP contribution in [0, 0.1) is 10.1 Å². The fraction of sp³-hybridized carbons (Fsp3) is 0.348. The minimum Gasteiger partial charge on any atom is -0.378 e. The monoisotopic (exact) mass is 422 g/mol. The normalized spacial score (nSPS) is 15.9. The average Bonchev–Trinajstić information content (AvgIpc) is 3.42. The first kappa shape index (κ1) is 20.9. The summed E-state index contributed by atoms with van der Waals surface area (Å²) in [6, 6.07) is 12.6. The molecule has 1 unspecified atom stereocenters. The predicted molar refractivity (Wildman–Crippen MR) is 119 cm³/mol. The third-order valence-electron chi connectivity index (χ3n) is 5.67. The molecule has 1 aromatic heterocycles. The summed E-state index contributed by atoms with van der Waals surface area (Å²) < 4.78 is 5.78. The fourth-order valence-corrected chi connectivity index (χ4v) is 3.94. The van der Waals surface area contributed by atoms with E-state index in [0.29, 0.717) is 36.2 Å². The summed E-state index contributed by atoms with van der Waals surface area (Å²) in [5.74, 6) is -0.168. The lowest BCUT2D eigenvalue weighted by Crippen LogP contribution is -2.36. The van der Waals surface area contributed by atoms with Gasteiger partial charge in [-0.1, -0.05) is 12.1 Å². The minimum atomic E-state index is -0.447. The zero-order valence-electron chi connectivity index (χ0n) is 17.7. The number of H-pyrrole nitrogens is 1. The summed E-state index contributed by atoms with van der Waals surface area (Å²) >= 11 is 0. The molecule has 2 heterocycles. The summed E-state index contributed by atoms with van der Waals surface area (Å²) in [6.07, 6.45) is 3.55. The van der Waals surface area contributed by atoms with Gasteiger partial charge in [0.2, 0.25) is 0 Å². The second kappa shape index (κ2) is 8.77. The highest BCUT2D eigenvalue weighted by Crippen LogP contribution is 2.26. The number of carbonyl (C=O) groups excluding carboxylic acids is 1. The Bertz CT molecular complexity index is 1080. The molecule has 1 N–H and O–H groups in total. The van der Waals surface area contributed by atoms with Crippen LogP contribution in [0.3, 0.4) is 0 Å². The molecule has 8 nitrogen and oxygen atoms in total. The molecule has 0 saturated carbocycles. The van der Waals surface area contributed by atoms with Gasteiger partial charge in [-0.25, -0.2) is 0 Å². The van der Waals surface area contributed by atoms with E-state index in [9.17, 15) is 14.9 Å². The highest BCUT2D eigenvalue weighted by atomic mass is 16.6. The number of ether oxygens (including phenoxy) is 1. The quantitative estimate of drug-likeness (QED) is 0.460. The molecule has 8 heteroatoms. The van der Waals surface area contributed by atoms with Crippen molar-refractivity contribution in [2.75, 3.05) is 32.1 Å². The largest absolute Gasteiger partial charge is 0.378 e. The number of aromatic amines is 1. The molecule has 1 aliphatic rings. The maximum atomic E-state index is 13.5. The van der Waals surface area contributed by atoms with Crippen LogP contribution >= 0.6 is 0 Å². The number of hydrogen-bond acceptors (Lipinski definition) is 5. The first-order chi connectivity index (χ1) is 14.9. The summed E-state index contributed by atoms with van der Waals surface area (Å²) in [4.78, 5) is 31.2. The maximum Gasteiger partial charge on any atom is 0.270 e. The Hall–Kier alpha value is -3.39. The van der Waals surface area contributed by atoms with Crippen LogP contribution in [0.4, 0.5) is 11.4 Å². The van der Waals surface area contributed by atoms with Crippen molar-refractivity contribution in [2.24, 2.45) is 0 Å². The maximum absolute atomic E-state index is 13.5.